The molecule has 0 saturated heterocycles. The van der Waals surface area contributed by atoms with Gasteiger partial charge >= 0.3 is 0 Å². The fourth-order valence-electron chi connectivity index (χ4n) is 2.76. The van der Waals surface area contributed by atoms with Crippen molar-refractivity contribution < 1.29 is 4.79 Å². The summed E-state index contributed by atoms with van der Waals surface area (Å²) in [4.78, 5) is 17.6. The van der Waals surface area contributed by atoms with Crippen LogP contribution in [0.4, 0.5) is 5.69 Å². The third-order valence-corrected chi connectivity index (χ3v) is 5.02. The van der Waals surface area contributed by atoms with Gasteiger partial charge < -0.3 is 9.88 Å². The van der Waals surface area contributed by atoms with Crippen molar-refractivity contribution in [1.29, 1.82) is 0 Å². The molecule has 0 fully saturated rings. The number of aryl methyl sites for hydroxylation is 2. The van der Waals surface area contributed by atoms with Crippen LogP contribution in [0.15, 0.2) is 24.3 Å². The van der Waals surface area contributed by atoms with Crippen LogP contribution in [0.3, 0.4) is 0 Å². The molecule has 110 valence electrons. The van der Waals surface area contributed by atoms with Crippen LogP contribution in [0.25, 0.3) is 0 Å². The van der Waals surface area contributed by atoms with Crippen molar-refractivity contribution in [3.63, 3.8) is 0 Å². The third-order valence-electron chi connectivity index (χ3n) is 3.92. The van der Waals surface area contributed by atoms with Gasteiger partial charge in [0.15, 0.2) is 0 Å². The van der Waals surface area contributed by atoms with Gasteiger partial charge in [-0.1, -0.05) is 11.6 Å². The molecule has 0 spiro atoms. The quantitative estimate of drug-likeness (QED) is 0.725. The van der Waals surface area contributed by atoms with E-state index in [4.69, 9.17) is 11.6 Å². The number of carbonyl (C=O) groups is 1. The van der Waals surface area contributed by atoms with E-state index in [-0.39, 0.29) is 5.91 Å². The largest absolute Gasteiger partial charge is 0.354 e. The van der Waals surface area contributed by atoms with Crippen LogP contribution in [-0.4, -0.2) is 17.9 Å². The lowest BCUT2D eigenvalue weighted by atomic mass is 9.98. The van der Waals surface area contributed by atoms with Crippen LogP contribution < -0.4 is 4.90 Å². The molecule has 1 heterocycles. The van der Waals surface area contributed by atoms with Gasteiger partial charge in [-0.15, -0.1) is 0 Å². The van der Waals surface area contributed by atoms with Crippen molar-refractivity contribution in [1.82, 2.24) is 4.98 Å². The maximum Gasteiger partial charge on any atom is 0.274 e. The molecule has 3 rings (SSSR count). The first kappa shape index (κ1) is 14.9. The number of hydrogen-bond donors (Lipinski definition) is 1. The molecule has 3 nitrogen and oxygen atoms in total. The van der Waals surface area contributed by atoms with Gasteiger partial charge in [0.1, 0.15) is 5.69 Å². The molecule has 1 aromatic heterocycles. The third kappa shape index (κ3) is 2.97. The van der Waals surface area contributed by atoms with E-state index in [2.05, 4.69) is 27.6 Å². The van der Waals surface area contributed by atoms with Crippen molar-refractivity contribution in [3.8, 4) is 0 Å². The minimum atomic E-state index is -0.00959. The molecule has 2 aromatic rings. The highest BCUT2D eigenvalue weighted by molar-refractivity contribution is 14.1. The zero-order valence-electron chi connectivity index (χ0n) is 11.7. The molecule has 1 N–H and O–H groups in total. The molecule has 21 heavy (non-hydrogen) atoms. The number of aromatic nitrogens is 1. The monoisotopic (exact) mass is 414 g/mol. The summed E-state index contributed by atoms with van der Waals surface area (Å²) >= 11 is 8.17. The van der Waals surface area contributed by atoms with Gasteiger partial charge in [0, 0.05) is 21.3 Å². The van der Waals surface area contributed by atoms with Crippen molar-refractivity contribution >= 4 is 45.8 Å². The summed E-state index contributed by atoms with van der Waals surface area (Å²) in [6, 6.07) is 7.56. The second-order valence-electron chi connectivity index (χ2n) is 5.35. The van der Waals surface area contributed by atoms with Crippen LogP contribution in [0.1, 0.15) is 34.6 Å². The van der Waals surface area contributed by atoms with Gasteiger partial charge in [0.05, 0.1) is 5.69 Å². The van der Waals surface area contributed by atoms with E-state index in [0.717, 1.165) is 22.1 Å². The molecule has 1 amide bonds. The Labute approximate surface area is 142 Å². The van der Waals surface area contributed by atoms with E-state index >= 15 is 0 Å². The molecule has 1 aromatic carbocycles. The van der Waals surface area contributed by atoms with E-state index in [1.54, 1.807) is 11.9 Å². The summed E-state index contributed by atoms with van der Waals surface area (Å²) in [5, 5.41) is 0.680. The lowest BCUT2D eigenvalue weighted by Crippen LogP contribution is -2.27. The van der Waals surface area contributed by atoms with Crippen LogP contribution in [-0.2, 0) is 12.8 Å². The molecule has 0 radical (unpaired) electrons. The number of aromatic amines is 1. The highest BCUT2D eigenvalue weighted by Crippen LogP contribution is 2.27. The van der Waals surface area contributed by atoms with Crippen molar-refractivity contribution in [3.05, 3.63) is 49.8 Å². The Kier molecular flexibility index (Phi) is 4.26. The Morgan fingerprint density at radius 2 is 2.05 bits per heavy atom. The first-order valence-electron chi connectivity index (χ1n) is 7.00. The topological polar surface area (TPSA) is 36.1 Å². The molecule has 1 aliphatic rings. The molecule has 0 unspecified atom stereocenters. The van der Waals surface area contributed by atoms with E-state index in [1.807, 2.05) is 24.3 Å². The van der Waals surface area contributed by atoms with E-state index < -0.39 is 0 Å². The van der Waals surface area contributed by atoms with Crippen LogP contribution in [0.5, 0.6) is 0 Å². The number of amides is 1. The molecule has 0 bridgehead atoms. The fraction of sp³-hybridized carbons (Fsp3) is 0.312. The number of fused-ring (bicyclic) bond motifs is 1. The average Bonchev–Trinajstić information content (AvgIpc) is 2.89. The average molecular weight is 415 g/mol. The summed E-state index contributed by atoms with van der Waals surface area (Å²) in [7, 11) is 1.80. The SMILES string of the molecule is CN(C(=O)c1cc2c([nH]1)CCCC2)c1ccc(Cl)cc1I. The standard InChI is InChI=1S/C16H16ClIN2O/c1-20(15-7-6-11(17)9-12(15)18)16(21)14-8-10-4-2-3-5-13(10)19-14/h6-9,19H,2-5H2,1H3. The molecule has 0 saturated carbocycles. The van der Waals surface area contributed by atoms with E-state index in [1.165, 1.54) is 24.1 Å². The fourth-order valence-corrected chi connectivity index (χ4v) is 4.00. The number of benzene rings is 1. The van der Waals surface area contributed by atoms with Crippen molar-refractivity contribution in [2.75, 3.05) is 11.9 Å². The maximum absolute atomic E-state index is 12.7. The number of anilines is 1. The van der Waals surface area contributed by atoms with Gasteiger partial charge in [-0.2, -0.15) is 0 Å². The summed E-state index contributed by atoms with van der Waals surface area (Å²) in [6.45, 7) is 0. The predicted octanol–water partition coefficient (Wildman–Crippen LogP) is 4.43. The number of nitrogens with zero attached hydrogens (tertiary/aromatic N) is 1. The van der Waals surface area contributed by atoms with Gasteiger partial charge in [-0.25, -0.2) is 0 Å². The second kappa shape index (κ2) is 6.01. The molecule has 0 aliphatic heterocycles. The summed E-state index contributed by atoms with van der Waals surface area (Å²) in [5.41, 5.74) is 4.07. The number of carbonyl (C=O) groups excluding carboxylic acids is 1. The lowest BCUT2D eigenvalue weighted by Gasteiger charge is -2.18. The van der Waals surface area contributed by atoms with E-state index in [9.17, 15) is 4.79 Å². The zero-order chi connectivity index (χ0) is 15.0. The van der Waals surface area contributed by atoms with Crippen molar-refractivity contribution in [2.24, 2.45) is 0 Å². The predicted molar refractivity (Wildman–Crippen MR) is 94.3 cm³/mol. The number of rotatable bonds is 2. The number of H-pyrrole nitrogens is 1. The number of nitrogens with one attached hydrogen (secondary N) is 1. The number of hydrogen-bond acceptors (Lipinski definition) is 1. The lowest BCUT2D eigenvalue weighted by molar-refractivity contribution is 0.0988. The van der Waals surface area contributed by atoms with Gasteiger partial charge in [0.2, 0.25) is 0 Å². The Bertz CT molecular complexity index is 672. The highest BCUT2D eigenvalue weighted by atomic mass is 127. The minimum absolute atomic E-state index is 0.00959. The summed E-state index contributed by atoms with van der Waals surface area (Å²) in [5.74, 6) is -0.00959. The molecule has 0 atom stereocenters. The zero-order valence-corrected chi connectivity index (χ0v) is 14.7. The second-order valence-corrected chi connectivity index (χ2v) is 6.95. The Hall–Kier alpha value is -1.01. The summed E-state index contributed by atoms with van der Waals surface area (Å²) < 4.78 is 0.965. The van der Waals surface area contributed by atoms with E-state index in [0.29, 0.717) is 10.7 Å². The normalized spacial score (nSPS) is 13.9. The van der Waals surface area contributed by atoms with Crippen LogP contribution in [0.2, 0.25) is 5.02 Å². The minimum Gasteiger partial charge on any atom is -0.354 e. The Morgan fingerprint density at radius 1 is 1.29 bits per heavy atom. The molecule has 1 aliphatic carbocycles. The van der Waals surface area contributed by atoms with Gasteiger partial charge in [0.25, 0.3) is 5.91 Å². The van der Waals surface area contributed by atoms with Gasteiger partial charge in [-0.05, 0) is 78.1 Å². The first-order chi connectivity index (χ1) is 10.1. The van der Waals surface area contributed by atoms with Gasteiger partial charge in [-0.3, -0.25) is 4.79 Å². The molecule has 5 heteroatoms. The number of halogens is 2. The van der Waals surface area contributed by atoms with Crippen LogP contribution in [0, 0.1) is 3.57 Å². The Balaban J connectivity index is 1.88. The first-order valence-corrected chi connectivity index (χ1v) is 8.46. The Morgan fingerprint density at radius 3 is 2.76 bits per heavy atom. The van der Waals surface area contributed by atoms with Crippen molar-refractivity contribution in [2.45, 2.75) is 25.7 Å². The highest BCUT2D eigenvalue weighted by Gasteiger charge is 2.20. The molecular formula is C16H16ClIN2O. The molecular weight excluding hydrogens is 399 g/mol. The van der Waals surface area contributed by atoms with Crippen LogP contribution >= 0.6 is 34.2 Å². The maximum atomic E-state index is 12.7. The summed E-state index contributed by atoms with van der Waals surface area (Å²) in [6.07, 6.45) is 4.53. The smallest absolute Gasteiger partial charge is 0.274 e.